The average molecular weight is 271 g/mol. The third kappa shape index (κ3) is 2.60. The first-order valence-electron chi connectivity index (χ1n) is 7.47. The van der Waals surface area contributed by atoms with Crippen LogP contribution in [-0.2, 0) is 9.84 Å². The molecule has 0 aliphatic heterocycles. The molecule has 104 valence electrons. The van der Waals surface area contributed by atoms with Crippen molar-refractivity contribution >= 4 is 9.84 Å². The Morgan fingerprint density at radius 1 is 1.00 bits per heavy atom. The zero-order chi connectivity index (χ0) is 12.8. The third-order valence-electron chi connectivity index (χ3n) is 5.42. The highest BCUT2D eigenvalue weighted by Gasteiger charge is 2.41. The standard InChI is InChI=1S/C14H25NO2S/c1-18(16,17)13-4-2-3-12(9-13)15-14-8-10-5-6-11(14)7-10/h10-15H,2-9H2,1H3. The Labute approximate surface area is 111 Å². The van der Waals surface area contributed by atoms with Crippen LogP contribution in [0.5, 0.6) is 0 Å². The predicted molar refractivity (Wildman–Crippen MR) is 73.3 cm³/mol. The molecule has 1 N–H and O–H groups in total. The summed E-state index contributed by atoms with van der Waals surface area (Å²) in [6, 6.07) is 1.13. The summed E-state index contributed by atoms with van der Waals surface area (Å²) in [7, 11) is -2.84. The zero-order valence-electron chi connectivity index (χ0n) is 11.3. The van der Waals surface area contributed by atoms with Gasteiger partial charge >= 0.3 is 0 Å². The number of hydrogen-bond donors (Lipinski definition) is 1. The van der Waals surface area contributed by atoms with Crippen LogP contribution in [0.3, 0.4) is 0 Å². The van der Waals surface area contributed by atoms with Crippen molar-refractivity contribution in [2.24, 2.45) is 11.8 Å². The lowest BCUT2D eigenvalue weighted by molar-refractivity contribution is 0.278. The van der Waals surface area contributed by atoms with Gasteiger partial charge in [-0.2, -0.15) is 0 Å². The van der Waals surface area contributed by atoms with Crippen molar-refractivity contribution < 1.29 is 8.42 Å². The molecule has 3 nitrogen and oxygen atoms in total. The predicted octanol–water partition coefficient (Wildman–Crippen LogP) is 2.12. The number of sulfone groups is 1. The van der Waals surface area contributed by atoms with Gasteiger partial charge < -0.3 is 5.32 Å². The van der Waals surface area contributed by atoms with Crippen LogP contribution in [0.2, 0.25) is 0 Å². The summed E-state index contributed by atoms with van der Waals surface area (Å²) in [5.41, 5.74) is 0. The Hall–Kier alpha value is -0.0900. The second kappa shape index (κ2) is 4.78. The van der Waals surface area contributed by atoms with Crippen molar-refractivity contribution in [2.45, 2.75) is 68.7 Å². The Morgan fingerprint density at radius 3 is 2.44 bits per heavy atom. The second-order valence-corrected chi connectivity index (χ2v) is 9.09. The van der Waals surface area contributed by atoms with Gasteiger partial charge in [0.25, 0.3) is 0 Å². The summed E-state index contributed by atoms with van der Waals surface area (Å²) >= 11 is 0. The molecule has 0 aromatic rings. The summed E-state index contributed by atoms with van der Waals surface area (Å²) in [5, 5.41) is 3.69. The molecule has 0 aromatic heterocycles. The fourth-order valence-electron chi connectivity index (χ4n) is 4.44. The Bertz CT molecular complexity index is 406. The fraction of sp³-hybridized carbons (Fsp3) is 1.00. The van der Waals surface area contributed by atoms with Gasteiger partial charge in [0.1, 0.15) is 9.84 Å². The molecule has 5 unspecified atom stereocenters. The van der Waals surface area contributed by atoms with E-state index in [2.05, 4.69) is 5.32 Å². The highest BCUT2D eigenvalue weighted by molar-refractivity contribution is 7.91. The fourth-order valence-corrected chi connectivity index (χ4v) is 5.61. The van der Waals surface area contributed by atoms with Crippen molar-refractivity contribution in [1.29, 1.82) is 0 Å². The molecule has 3 fully saturated rings. The van der Waals surface area contributed by atoms with Crippen molar-refractivity contribution in [2.75, 3.05) is 6.26 Å². The summed E-state index contributed by atoms with van der Waals surface area (Å²) in [4.78, 5) is 0. The van der Waals surface area contributed by atoms with Gasteiger partial charge in [0, 0.05) is 18.3 Å². The van der Waals surface area contributed by atoms with E-state index in [0.29, 0.717) is 12.1 Å². The van der Waals surface area contributed by atoms with E-state index in [-0.39, 0.29) is 5.25 Å². The maximum absolute atomic E-state index is 11.7. The average Bonchev–Trinajstić information content (AvgIpc) is 2.90. The van der Waals surface area contributed by atoms with E-state index in [1.165, 1.54) is 38.4 Å². The number of rotatable bonds is 3. The maximum atomic E-state index is 11.7. The van der Waals surface area contributed by atoms with Gasteiger partial charge in [-0.1, -0.05) is 12.8 Å². The second-order valence-electron chi connectivity index (χ2n) is 6.76. The molecule has 0 radical (unpaired) electrons. The lowest BCUT2D eigenvalue weighted by atomic mass is 9.90. The van der Waals surface area contributed by atoms with Crippen LogP contribution < -0.4 is 5.32 Å². The lowest BCUT2D eigenvalue weighted by Gasteiger charge is -2.33. The number of hydrogen-bond acceptors (Lipinski definition) is 3. The molecule has 5 atom stereocenters. The minimum Gasteiger partial charge on any atom is -0.311 e. The topological polar surface area (TPSA) is 46.2 Å². The van der Waals surface area contributed by atoms with E-state index >= 15 is 0 Å². The minimum absolute atomic E-state index is 0.0951. The smallest absolute Gasteiger partial charge is 0.150 e. The first-order valence-corrected chi connectivity index (χ1v) is 9.43. The number of fused-ring (bicyclic) bond motifs is 2. The highest BCUT2D eigenvalue weighted by Crippen LogP contribution is 2.45. The molecule has 0 aromatic carbocycles. The molecule has 4 heteroatoms. The highest BCUT2D eigenvalue weighted by atomic mass is 32.2. The van der Waals surface area contributed by atoms with Gasteiger partial charge in [-0.25, -0.2) is 8.42 Å². The van der Waals surface area contributed by atoms with Crippen LogP contribution in [0.15, 0.2) is 0 Å². The summed E-state index contributed by atoms with van der Waals surface area (Å²) in [6.07, 6.45) is 10.9. The molecule has 0 saturated heterocycles. The maximum Gasteiger partial charge on any atom is 0.150 e. The zero-order valence-corrected chi connectivity index (χ0v) is 12.1. The van der Waals surface area contributed by atoms with Crippen molar-refractivity contribution in [3.8, 4) is 0 Å². The van der Waals surface area contributed by atoms with E-state index in [1.807, 2.05) is 0 Å². The largest absolute Gasteiger partial charge is 0.311 e. The summed E-state index contributed by atoms with van der Waals surface area (Å²) in [6.45, 7) is 0. The Kier molecular flexibility index (Phi) is 3.43. The van der Waals surface area contributed by atoms with Gasteiger partial charge in [-0.15, -0.1) is 0 Å². The van der Waals surface area contributed by atoms with Gasteiger partial charge in [0.2, 0.25) is 0 Å². The van der Waals surface area contributed by atoms with E-state index < -0.39 is 9.84 Å². The van der Waals surface area contributed by atoms with Gasteiger partial charge in [0.15, 0.2) is 0 Å². The molecule has 3 aliphatic carbocycles. The Balaban J connectivity index is 1.57. The third-order valence-corrected chi connectivity index (χ3v) is 7.06. The van der Waals surface area contributed by atoms with Crippen LogP contribution in [-0.4, -0.2) is 32.0 Å². The molecule has 0 heterocycles. The SMILES string of the molecule is CS(=O)(=O)C1CCCC(NC2CC3CCC2C3)C1. The molecule has 3 aliphatic rings. The van der Waals surface area contributed by atoms with Crippen LogP contribution in [0.25, 0.3) is 0 Å². The van der Waals surface area contributed by atoms with Crippen LogP contribution in [0.4, 0.5) is 0 Å². The van der Waals surface area contributed by atoms with Crippen molar-refractivity contribution in [1.82, 2.24) is 5.32 Å². The molecular formula is C14H25NO2S. The van der Waals surface area contributed by atoms with Crippen molar-refractivity contribution in [3.63, 3.8) is 0 Å². The van der Waals surface area contributed by atoms with Crippen molar-refractivity contribution in [3.05, 3.63) is 0 Å². The van der Waals surface area contributed by atoms with E-state index in [9.17, 15) is 8.42 Å². The molecular weight excluding hydrogens is 246 g/mol. The first-order chi connectivity index (χ1) is 8.52. The molecule has 18 heavy (non-hydrogen) atoms. The number of nitrogens with one attached hydrogen (secondary N) is 1. The quantitative estimate of drug-likeness (QED) is 0.855. The van der Waals surface area contributed by atoms with Gasteiger partial charge in [0.05, 0.1) is 5.25 Å². The van der Waals surface area contributed by atoms with E-state index in [1.54, 1.807) is 0 Å². The van der Waals surface area contributed by atoms with E-state index in [4.69, 9.17) is 0 Å². The normalized spacial score (nSPS) is 44.4. The lowest BCUT2D eigenvalue weighted by Crippen LogP contribution is -2.45. The minimum atomic E-state index is -2.84. The van der Waals surface area contributed by atoms with E-state index in [0.717, 1.165) is 31.1 Å². The van der Waals surface area contributed by atoms with Gasteiger partial charge in [-0.05, 0) is 50.4 Å². The Morgan fingerprint density at radius 2 is 1.83 bits per heavy atom. The van der Waals surface area contributed by atoms with Crippen LogP contribution in [0.1, 0.15) is 51.4 Å². The summed E-state index contributed by atoms with van der Waals surface area (Å²) < 4.78 is 23.3. The molecule has 3 rings (SSSR count). The monoisotopic (exact) mass is 271 g/mol. The van der Waals surface area contributed by atoms with Crippen LogP contribution in [0, 0.1) is 11.8 Å². The molecule has 2 bridgehead atoms. The van der Waals surface area contributed by atoms with Crippen LogP contribution >= 0.6 is 0 Å². The summed E-state index contributed by atoms with van der Waals surface area (Å²) in [5.74, 6) is 1.84. The molecule has 3 saturated carbocycles. The first kappa shape index (κ1) is 12.9. The van der Waals surface area contributed by atoms with Gasteiger partial charge in [-0.3, -0.25) is 0 Å². The molecule has 0 spiro atoms. The molecule has 0 amide bonds.